The monoisotopic (exact) mass is 312 g/mol. The van der Waals surface area contributed by atoms with Crippen molar-refractivity contribution in [3.63, 3.8) is 0 Å². The summed E-state index contributed by atoms with van der Waals surface area (Å²) in [5.41, 5.74) is 2.63. The zero-order valence-corrected chi connectivity index (χ0v) is 13.2. The van der Waals surface area contributed by atoms with Gasteiger partial charge in [0.15, 0.2) is 0 Å². The molecule has 4 nitrogen and oxygen atoms in total. The number of nitrogens with zero attached hydrogens (tertiary/aromatic N) is 1. The Balaban J connectivity index is 2.51. The van der Waals surface area contributed by atoms with E-state index in [1.54, 1.807) is 18.2 Å². The number of nitrogens with one attached hydrogen (secondary N) is 1. The van der Waals surface area contributed by atoms with Crippen LogP contribution in [0, 0.1) is 17.1 Å². The molecule has 118 valence electrons. The van der Waals surface area contributed by atoms with Crippen molar-refractivity contribution in [2.45, 2.75) is 19.8 Å². The average Bonchev–Trinajstić information content (AvgIpc) is 2.55. The molecule has 0 aliphatic carbocycles. The second-order valence-corrected chi connectivity index (χ2v) is 5.38. The molecule has 0 amide bonds. The van der Waals surface area contributed by atoms with Crippen LogP contribution in [0.15, 0.2) is 36.4 Å². The van der Waals surface area contributed by atoms with Crippen LogP contribution >= 0.6 is 0 Å². The lowest BCUT2D eigenvalue weighted by Crippen LogP contribution is -2.07. The lowest BCUT2D eigenvalue weighted by atomic mass is 10.00. The largest absolute Gasteiger partial charge is 0.465 e. The number of rotatable bonds is 4. The second kappa shape index (κ2) is 6.93. The Hall–Kier alpha value is -2.87. The van der Waals surface area contributed by atoms with E-state index < -0.39 is 5.97 Å². The summed E-state index contributed by atoms with van der Waals surface area (Å²) < 4.78 is 18.2. The molecule has 0 aliphatic heterocycles. The van der Waals surface area contributed by atoms with Gasteiger partial charge in [-0.15, -0.1) is 0 Å². The summed E-state index contributed by atoms with van der Waals surface area (Å²) in [4.78, 5) is 11.9. The van der Waals surface area contributed by atoms with Crippen molar-refractivity contribution in [2.24, 2.45) is 0 Å². The third-order valence-corrected chi connectivity index (χ3v) is 3.46. The Morgan fingerprint density at radius 2 is 1.96 bits per heavy atom. The standard InChI is InChI=1S/C18H17FN2O2/c1-11(2)15-9-13(19)5-7-16(15)21-17-8-12(10-20)4-6-14(17)18(22)23-3/h4-9,11,21H,1-3H3. The van der Waals surface area contributed by atoms with E-state index in [0.29, 0.717) is 22.5 Å². The molecule has 0 heterocycles. The van der Waals surface area contributed by atoms with Gasteiger partial charge in [-0.3, -0.25) is 0 Å². The molecule has 0 aromatic heterocycles. The molecule has 5 heteroatoms. The van der Waals surface area contributed by atoms with E-state index in [1.165, 1.54) is 25.3 Å². The Morgan fingerprint density at radius 3 is 2.57 bits per heavy atom. The number of esters is 1. The van der Waals surface area contributed by atoms with Crippen LogP contribution in [0.1, 0.15) is 41.3 Å². The van der Waals surface area contributed by atoms with Gasteiger partial charge < -0.3 is 10.1 Å². The van der Waals surface area contributed by atoms with Crippen molar-refractivity contribution in [3.8, 4) is 6.07 Å². The van der Waals surface area contributed by atoms with E-state index >= 15 is 0 Å². The van der Waals surface area contributed by atoms with Crippen LogP contribution < -0.4 is 5.32 Å². The molecule has 0 spiro atoms. The minimum Gasteiger partial charge on any atom is -0.465 e. The number of benzene rings is 2. The van der Waals surface area contributed by atoms with Gasteiger partial charge in [0.2, 0.25) is 0 Å². The van der Waals surface area contributed by atoms with E-state index in [1.807, 2.05) is 19.9 Å². The summed E-state index contributed by atoms with van der Waals surface area (Å²) in [5, 5.41) is 12.2. The third kappa shape index (κ3) is 3.67. The number of hydrogen-bond acceptors (Lipinski definition) is 4. The first-order valence-corrected chi connectivity index (χ1v) is 7.15. The minimum absolute atomic E-state index is 0.0916. The Morgan fingerprint density at radius 1 is 1.22 bits per heavy atom. The highest BCUT2D eigenvalue weighted by molar-refractivity contribution is 5.97. The summed E-state index contributed by atoms with van der Waals surface area (Å²) in [6, 6.07) is 11.1. The first-order chi connectivity index (χ1) is 11.0. The highest BCUT2D eigenvalue weighted by atomic mass is 19.1. The molecule has 0 bridgehead atoms. The fraction of sp³-hybridized carbons (Fsp3) is 0.222. The van der Waals surface area contributed by atoms with Crippen LogP contribution in [0.2, 0.25) is 0 Å². The van der Waals surface area contributed by atoms with Gasteiger partial charge in [-0.25, -0.2) is 9.18 Å². The van der Waals surface area contributed by atoms with Gasteiger partial charge in [-0.05, 0) is 47.9 Å². The maximum Gasteiger partial charge on any atom is 0.339 e. The van der Waals surface area contributed by atoms with Crippen molar-refractivity contribution in [1.82, 2.24) is 0 Å². The van der Waals surface area contributed by atoms with Crippen LogP contribution in [0.4, 0.5) is 15.8 Å². The van der Waals surface area contributed by atoms with Gasteiger partial charge in [-0.1, -0.05) is 13.8 Å². The first-order valence-electron chi connectivity index (χ1n) is 7.15. The Kier molecular flexibility index (Phi) is 4.97. The Bertz CT molecular complexity index is 779. The zero-order valence-electron chi connectivity index (χ0n) is 13.2. The van der Waals surface area contributed by atoms with Gasteiger partial charge in [0, 0.05) is 5.69 Å². The topological polar surface area (TPSA) is 62.1 Å². The number of methoxy groups -OCH3 is 1. The van der Waals surface area contributed by atoms with Crippen LogP contribution in [-0.2, 0) is 4.74 Å². The smallest absolute Gasteiger partial charge is 0.339 e. The van der Waals surface area contributed by atoms with E-state index in [-0.39, 0.29) is 11.7 Å². The molecule has 0 radical (unpaired) electrons. The molecule has 2 aromatic carbocycles. The lowest BCUT2D eigenvalue weighted by Gasteiger charge is -2.17. The van der Waals surface area contributed by atoms with Crippen molar-refractivity contribution in [2.75, 3.05) is 12.4 Å². The number of carbonyl (C=O) groups excluding carboxylic acids is 1. The number of ether oxygens (including phenoxy) is 1. The van der Waals surface area contributed by atoms with Crippen molar-refractivity contribution in [3.05, 3.63) is 58.9 Å². The van der Waals surface area contributed by atoms with Gasteiger partial charge >= 0.3 is 5.97 Å². The van der Waals surface area contributed by atoms with Crippen molar-refractivity contribution < 1.29 is 13.9 Å². The number of nitriles is 1. The molecular formula is C18H17FN2O2. The average molecular weight is 312 g/mol. The molecule has 1 N–H and O–H groups in total. The molecular weight excluding hydrogens is 295 g/mol. The molecule has 0 saturated heterocycles. The van der Waals surface area contributed by atoms with Crippen LogP contribution in [0.25, 0.3) is 0 Å². The third-order valence-electron chi connectivity index (χ3n) is 3.46. The molecule has 0 fully saturated rings. The van der Waals surface area contributed by atoms with E-state index in [2.05, 4.69) is 5.32 Å². The summed E-state index contributed by atoms with van der Waals surface area (Å²) >= 11 is 0. The number of halogens is 1. The number of anilines is 2. The quantitative estimate of drug-likeness (QED) is 0.852. The van der Waals surface area contributed by atoms with Crippen LogP contribution in [0.3, 0.4) is 0 Å². The molecule has 0 aliphatic rings. The van der Waals surface area contributed by atoms with Crippen molar-refractivity contribution in [1.29, 1.82) is 5.26 Å². The van der Waals surface area contributed by atoms with Gasteiger partial charge in [0.05, 0.1) is 30.0 Å². The SMILES string of the molecule is COC(=O)c1ccc(C#N)cc1Nc1ccc(F)cc1C(C)C. The molecule has 0 saturated carbocycles. The second-order valence-electron chi connectivity index (χ2n) is 5.38. The first kappa shape index (κ1) is 16.5. The van der Waals surface area contributed by atoms with Crippen LogP contribution in [-0.4, -0.2) is 13.1 Å². The summed E-state index contributed by atoms with van der Waals surface area (Å²) in [6.07, 6.45) is 0. The minimum atomic E-state index is -0.509. The van der Waals surface area contributed by atoms with Gasteiger partial charge in [-0.2, -0.15) is 5.26 Å². The summed E-state index contributed by atoms with van der Waals surface area (Å²) in [7, 11) is 1.29. The predicted octanol–water partition coefficient (Wildman–Crippen LogP) is 4.35. The molecule has 2 aromatic rings. The maximum atomic E-state index is 13.5. The van der Waals surface area contributed by atoms with E-state index in [0.717, 1.165) is 5.56 Å². The molecule has 2 rings (SSSR count). The fourth-order valence-corrected chi connectivity index (χ4v) is 2.28. The molecule has 23 heavy (non-hydrogen) atoms. The van der Waals surface area contributed by atoms with E-state index in [9.17, 15) is 9.18 Å². The van der Waals surface area contributed by atoms with E-state index in [4.69, 9.17) is 10.00 Å². The summed E-state index contributed by atoms with van der Waals surface area (Å²) in [5.74, 6) is -0.739. The predicted molar refractivity (Wildman–Crippen MR) is 86.3 cm³/mol. The zero-order chi connectivity index (χ0) is 17.0. The van der Waals surface area contributed by atoms with Gasteiger partial charge in [0.1, 0.15) is 5.82 Å². The normalized spacial score (nSPS) is 10.3. The summed E-state index contributed by atoms with van der Waals surface area (Å²) in [6.45, 7) is 3.90. The highest BCUT2D eigenvalue weighted by Gasteiger charge is 2.15. The van der Waals surface area contributed by atoms with Gasteiger partial charge in [0.25, 0.3) is 0 Å². The van der Waals surface area contributed by atoms with Crippen molar-refractivity contribution >= 4 is 17.3 Å². The molecule has 0 unspecified atom stereocenters. The maximum absolute atomic E-state index is 13.5. The fourth-order valence-electron chi connectivity index (χ4n) is 2.28. The highest BCUT2D eigenvalue weighted by Crippen LogP contribution is 2.30. The Labute approximate surface area is 134 Å². The van der Waals surface area contributed by atoms with Crippen LogP contribution in [0.5, 0.6) is 0 Å². The molecule has 0 atom stereocenters. The number of carbonyl (C=O) groups is 1. The lowest BCUT2D eigenvalue weighted by molar-refractivity contribution is 0.0602. The number of hydrogen-bond donors (Lipinski definition) is 1.